The molecule has 0 aliphatic rings. The van der Waals surface area contributed by atoms with Crippen LogP contribution in [0.2, 0.25) is 0 Å². The number of hydrogen-bond donors (Lipinski definition) is 2. The van der Waals surface area contributed by atoms with Gasteiger partial charge in [-0.1, -0.05) is 18.2 Å². The number of thioether (sulfide) groups is 1. The van der Waals surface area contributed by atoms with Crippen molar-refractivity contribution >= 4 is 34.8 Å². The minimum absolute atomic E-state index is 0.642. The SMILES string of the molecule is Cc1nn(C)c(C)c1NC(=S)NCCSc1ccccc1. The van der Waals surface area contributed by atoms with Gasteiger partial charge < -0.3 is 10.6 Å². The van der Waals surface area contributed by atoms with Crippen molar-refractivity contribution in [3.05, 3.63) is 41.7 Å². The molecule has 0 fully saturated rings. The Bertz CT molecular complexity index is 608. The van der Waals surface area contributed by atoms with Gasteiger partial charge in [0, 0.05) is 24.2 Å². The first-order valence-electron chi connectivity index (χ1n) is 6.81. The fourth-order valence-corrected chi connectivity index (χ4v) is 2.96. The maximum atomic E-state index is 5.33. The van der Waals surface area contributed by atoms with Crippen LogP contribution in [0.1, 0.15) is 11.4 Å². The third-order valence-corrected chi connectivity index (χ3v) is 4.41. The molecular weight excluding hydrogens is 300 g/mol. The molecule has 2 aromatic rings. The van der Waals surface area contributed by atoms with Crippen LogP contribution < -0.4 is 10.6 Å². The van der Waals surface area contributed by atoms with Crippen molar-refractivity contribution in [2.75, 3.05) is 17.6 Å². The van der Waals surface area contributed by atoms with Crippen molar-refractivity contribution in [2.24, 2.45) is 7.05 Å². The van der Waals surface area contributed by atoms with Gasteiger partial charge in [0.2, 0.25) is 0 Å². The van der Waals surface area contributed by atoms with E-state index in [0.717, 1.165) is 29.4 Å². The molecule has 2 N–H and O–H groups in total. The number of thiocarbonyl (C=S) groups is 1. The van der Waals surface area contributed by atoms with E-state index < -0.39 is 0 Å². The summed E-state index contributed by atoms with van der Waals surface area (Å²) in [5.41, 5.74) is 3.03. The van der Waals surface area contributed by atoms with Gasteiger partial charge in [-0.2, -0.15) is 5.10 Å². The van der Waals surface area contributed by atoms with Crippen LogP contribution in [-0.2, 0) is 7.05 Å². The third kappa shape index (κ3) is 4.47. The highest BCUT2D eigenvalue weighted by Gasteiger charge is 2.10. The normalized spacial score (nSPS) is 10.4. The van der Waals surface area contributed by atoms with Gasteiger partial charge in [0.1, 0.15) is 0 Å². The summed E-state index contributed by atoms with van der Waals surface area (Å²) in [4.78, 5) is 1.28. The van der Waals surface area contributed by atoms with Gasteiger partial charge in [-0.15, -0.1) is 11.8 Å². The summed E-state index contributed by atoms with van der Waals surface area (Å²) >= 11 is 7.14. The predicted molar refractivity (Wildman–Crippen MR) is 94.1 cm³/mol. The molecule has 0 aliphatic heterocycles. The number of hydrogen-bond acceptors (Lipinski definition) is 3. The van der Waals surface area contributed by atoms with E-state index in [2.05, 4.69) is 40.0 Å². The minimum atomic E-state index is 0.642. The van der Waals surface area contributed by atoms with Crippen LogP contribution in [0, 0.1) is 13.8 Å². The summed E-state index contributed by atoms with van der Waals surface area (Å²) in [5.74, 6) is 0.969. The number of rotatable bonds is 5. The van der Waals surface area contributed by atoms with Gasteiger partial charge >= 0.3 is 0 Å². The Morgan fingerprint density at radius 1 is 1.29 bits per heavy atom. The third-order valence-electron chi connectivity index (χ3n) is 3.15. The van der Waals surface area contributed by atoms with Crippen molar-refractivity contribution in [1.82, 2.24) is 15.1 Å². The summed E-state index contributed by atoms with van der Waals surface area (Å²) in [6.45, 7) is 4.82. The fourth-order valence-electron chi connectivity index (χ4n) is 1.96. The van der Waals surface area contributed by atoms with Crippen molar-refractivity contribution in [1.29, 1.82) is 0 Å². The Morgan fingerprint density at radius 2 is 2.00 bits per heavy atom. The molecule has 6 heteroatoms. The Labute approximate surface area is 135 Å². The summed E-state index contributed by atoms with van der Waals surface area (Å²) in [7, 11) is 1.93. The van der Waals surface area contributed by atoms with Crippen molar-refractivity contribution in [3.63, 3.8) is 0 Å². The van der Waals surface area contributed by atoms with Crippen molar-refractivity contribution in [2.45, 2.75) is 18.7 Å². The molecule has 0 aliphatic carbocycles. The lowest BCUT2D eigenvalue weighted by atomic mass is 10.3. The van der Waals surface area contributed by atoms with Crippen LogP contribution in [0.25, 0.3) is 0 Å². The molecule has 2 rings (SSSR count). The number of benzene rings is 1. The molecule has 112 valence electrons. The molecule has 0 saturated carbocycles. The van der Waals surface area contributed by atoms with Crippen LogP contribution in [0.5, 0.6) is 0 Å². The zero-order valence-corrected chi connectivity index (χ0v) is 14.1. The molecule has 0 saturated heterocycles. The maximum absolute atomic E-state index is 5.33. The highest BCUT2D eigenvalue weighted by atomic mass is 32.2. The Morgan fingerprint density at radius 3 is 2.62 bits per heavy atom. The van der Waals surface area contributed by atoms with Gasteiger partial charge in [-0.25, -0.2) is 0 Å². The lowest BCUT2D eigenvalue weighted by Crippen LogP contribution is -2.30. The van der Waals surface area contributed by atoms with E-state index in [1.807, 2.05) is 43.4 Å². The summed E-state index contributed by atoms with van der Waals surface area (Å²) in [6.07, 6.45) is 0. The molecule has 0 unspecified atom stereocenters. The standard InChI is InChI=1S/C15H20N4S2/c1-11-14(12(2)19(3)18-11)17-15(20)16-9-10-21-13-7-5-4-6-8-13/h4-8H,9-10H2,1-3H3,(H2,16,17,20). The fraction of sp³-hybridized carbons (Fsp3) is 0.333. The monoisotopic (exact) mass is 320 g/mol. The zero-order chi connectivity index (χ0) is 15.2. The van der Waals surface area contributed by atoms with Gasteiger partial charge in [-0.3, -0.25) is 4.68 Å². The zero-order valence-electron chi connectivity index (χ0n) is 12.5. The van der Waals surface area contributed by atoms with E-state index in [4.69, 9.17) is 12.2 Å². The highest BCUT2D eigenvalue weighted by Crippen LogP contribution is 2.18. The van der Waals surface area contributed by atoms with Crippen molar-refractivity contribution in [3.8, 4) is 0 Å². The van der Waals surface area contributed by atoms with Gasteiger partial charge in [0.15, 0.2) is 5.11 Å². The van der Waals surface area contributed by atoms with E-state index in [1.165, 1.54) is 4.90 Å². The molecule has 4 nitrogen and oxygen atoms in total. The topological polar surface area (TPSA) is 41.9 Å². The smallest absolute Gasteiger partial charge is 0.170 e. The molecule has 1 aromatic heterocycles. The Kier molecular flexibility index (Phi) is 5.64. The van der Waals surface area contributed by atoms with Crippen molar-refractivity contribution < 1.29 is 0 Å². The predicted octanol–water partition coefficient (Wildman–Crippen LogP) is 3.12. The lowest BCUT2D eigenvalue weighted by Gasteiger charge is -2.10. The van der Waals surface area contributed by atoms with Crippen LogP contribution in [0.4, 0.5) is 5.69 Å². The van der Waals surface area contributed by atoms with Gasteiger partial charge in [-0.05, 0) is 38.2 Å². The molecule has 0 spiro atoms. The second kappa shape index (κ2) is 7.47. The van der Waals surface area contributed by atoms with E-state index >= 15 is 0 Å². The second-order valence-electron chi connectivity index (χ2n) is 4.71. The average molecular weight is 320 g/mol. The molecule has 0 amide bonds. The molecular formula is C15H20N4S2. The number of nitrogens with zero attached hydrogens (tertiary/aromatic N) is 2. The largest absolute Gasteiger partial charge is 0.362 e. The van der Waals surface area contributed by atoms with E-state index in [0.29, 0.717) is 5.11 Å². The first kappa shape index (κ1) is 15.9. The van der Waals surface area contributed by atoms with Crippen LogP contribution in [-0.4, -0.2) is 27.2 Å². The van der Waals surface area contributed by atoms with Crippen LogP contribution in [0.15, 0.2) is 35.2 Å². The number of aromatic nitrogens is 2. The quantitative estimate of drug-likeness (QED) is 0.503. The Balaban J connectivity index is 1.75. The van der Waals surface area contributed by atoms with E-state index in [1.54, 1.807) is 0 Å². The molecule has 0 radical (unpaired) electrons. The summed E-state index contributed by atoms with van der Waals surface area (Å²) in [6, 6.07) is 10.4. The van der Waals surface area contributed by atoms with Crippen LogP contribution >= 0.6 is 24.0 Å². The lowest BCUT2D eigenvalue weighted by molar-refractivity contribution is 0.731. The first-order chi connectivity index (χ1) is 10.1. The molecule has 0 bridgehead atoms. The van der Waals surface area contributed by atoms with Gasteiger partial charge in [0.25, 0.3) is 0 Å². The van der Waals surface area contributed by atoms with Crippen LogP contribution in [0.3, 0.4) is 0 Å². The minimum Gasteiger partial charge on any atom is -0.362 e. The number of nitrogens with one attached hydrogen (secondary N) is 2. The Hall–Kier alpha value is -1.53. The maximum Gasteiger partial charge on any atom is 0.170 e. The molecule has 1 heterocycles. The summed E-state index contributed by atoms with van der Waals surface area (Å²) in [5, 5.41) is 11.5. The highest BCUT2D eigenvalue weighted by molar-refractivity contribution is 7.99. The second-order valence-corrected chi connectivity index (χ2v) is 6.29. The van der Waals surface area contributed by atoms with E-state index in [-0.39, 0.29) is 0 Å². The average Bonchev–Trinajstić information content (AvgIpc) is 2.71. The molecule has 1 aromatic carbocycles. The summed E-state index contributed by atoms with van der Waals surface area (Å²) < 4.78 is 1.85. The molecule has 0 atom stereocenters. The van der Waals surface area contributed by atoms with Gasteiger partial charge in [0.05, 0.1) is 17.1 Å². The van der Waals surface area contributed by atoms with E-state index in [9.17, 15) is 0 Å². The first-order valence-corrected chi connectivity index (χ1v) is 8.20. The number of aryl methyl sites for hydroxylation is 2. The molecule has 21 heavy (non-hydrogen) atoms. The number of anilines is 1.